The minimum atomic E-state index is -2.94. The summed E-state index contributed by atoms with van der Waals surface area (Å²) in [4.78, 5) is 17.7. The first-order valence-electron chi connectivity index (χ1n) is 10.9. The van der Waals surface area contributed by atoms with Crippen molar-refractivity contribution in [3.05, 3.63) is 60.2 Å². The number of carbonyl (C=O) groups is 1. The van der Waals surface area contributed by atoms with Crippen LogP contribution in [-0.4, -0.2) is 52.8 Å². The molecule has 1 amide bonds. The highest BCUT2D eigenvalue weighted by atomic mass is 19.3. The molecule has 4 N–H and O–H groups in total. The summed E-state index contributed by atoms with van der Waals surface area (Å²) < 4.78 is 45.7. The Morgan fingerprint density at radius 1 is 1.29 bits per heavy atom. The zero-order chi connectivity index (χ0) is 24.5. The van der Waals surface area contributed by atoms with Crippen molar-refractivity contribution in [2.24, 2.45) is 5.73 Å². The highest BCUT2D eigenvalue weighted by Crippen LogP contribution is 2.37. The number of amides is 1. The Kier molecular flexibility index (Phi) is 6.47. The Labute approximate surface area is 195 Å². The maximum absolute atomic E-state index is 15.0. The lowest BCUT2D eigenvalue weighted by Gasteiger charge is -2.42. The summed E-state index contributed by atoms with van der Waals surface area (Å²) in [6.07, 6.45) is 3.91. The standard InChI is InChI=1S/C23H26F3N7O/c1-28-19-18(8-4-9-23(19,25)26)32(2)22-17(24)13-16(20(27)34)21(31-22)30-14-6-3-7-15(12-14)33-11-5-10-29-33/h3,5-7,10-13,18-19,28H,4,8-9H2,1-2H3,(H2,27,34)(H,30,31)/t18-,19?/m1/s1. The summed E-state index contributed by atoms with van der Waals surface area (Å²) >= 11 is 0. The minimum absolute atomic E-state index is 0.0249. The van der Waals surface area contributed by atoms with Crippen LogP contribution in [0, 0.1) is 5.82 Å². The highest BCUT2D eigenvalue weighted by molar-refractivity contribution is 5.98. The van der Waals surface area contributed by atoms with Crippen molar-refractivity contribution in [1.29, 1.82) is 0 Å². The van der Waals surface area contributed by atoms with E-state index in [1.807, 2.05) is 6.07 Å². The molecule has 11 heteroatoms. The average Bonchev–Trinajstić information content (AvgIpc) is 3.34. The van der Waals surface area contributed by atoms with Crippen LogP contribution in [0.3, 0.4) is 0 Å². The number of halogens is 3. The largest absolute Gasteiger partial charge is 0.365 e. The number of rotatable bonds is 7. The number of likely N-dealkylation sites (N-methyl/N-ethyl adjacent to an activating group) is 2. The number of anilines is 3. The fraction of sp³-hybridized carbons (Fsp3) is 0.348. The minimum Gasteiger partial charge on any atom is -0.365 e. The summed E-state index contributed by atoms with van der Waals surface area (Å²) in [5.74, 6) is -4.76. The molecule has 2 heterocycles. The zero-order valence-electron chi connectivity index (χ0n) is 18.8. The molecule has 4 rings (SSSR count). The first kappa shape index (κ1) is 23.6. The van der Waals surface area contributed by atoms with Crippen LogP contribution in [0.2, 0.25) is 0 Å². The normalized spacial score (nSPS) is 19.6. The van der Waals surface area contributed by atoms with Gasteiger partial charge in [-0.2, -0.15) is 5.10 Å². The third kappa shape index (κ3) is 4.56. The molecule has 1 unspecified atom stereocenters. The van der Waals surface area contributed by atoms with E-state index in [2.05, 4.69) is 20.7 Å². The Morgan fingerprint density at radius 3 is 2.76 bits per heavy atom. The van der Waals surface area contributed by atoms with Gasteiger partial charge in [-0.15, -0.1) is 0 Å². The van der Waals surface area contributed by atoms with Gasteiger partial charge in [-0.3, -0.25) is 4.79 Å². The lowest BCUT2D eigenvalue weighted by molar-refractivity contribution is -0.0685. The first-order chi connectivity index (χ1) is 16.2. The van der Waals surface area contributed by atoms with E-state index in [1.165, 1.54) is 19.0 Å². The number of nitrogens with zero attached hydrogens (tertiary/aromatic N) is 4. The maximum atomic E-state index is 15.0. The number of nitrogens with one attached hydrogen (secondary N) is 2. The molecule has 8 nitrogen and oxygen atoms in total. The molecule has 0 spiro atoms. The molecular formula is C23H26F3N7O. The van der Waals surface area contributed by atoms with Gasteiger partial charge in [0, 0.05) is 31.5 Å². The number of hydrogen-bond donors (Lipinski definition) is 3. The SMILES string of the molecule is CNC1[C@H](N(C)c2nc(Nc3cccc(-n4cccn4)c3)c(C(N)=O)cc2F)CCCC1(F)F. The highest BCUT2D eigenvalue weighted by Gasteiger charge is 2.48. The van der Waals surface area contributed by atoms with Gasteiger partial charge in [0.05, 0.1) is 23.3 Å². The van der Waals surface area contributed by atoms with Crippen molar-refractivity contribution in [2.75, 3.05) is 24.3 Å². The predicted octanol–water partition coefficient (Wildman–Crippen LogP) is 3.46. The second kappa shape index (κ2) is 9.34. The molecule has 1 aromatic carbocycles. The quantitative estimate of drug-likeness (QED) is 0.486. The van der Waals surface area contributed by atoms with E-state index in [4.69, 9.17) is 5.73 Å². The molecule has 1 saturated carbocycles. The van der Waals surface area contributed by atoms with Crippen LogP contribution in [0.1, 0.15) is 29.6 Å². The second-order valence-electron chi connectivity index (χ2n) is 8.28. The van der Waals surface area contributed by atoms with Gasteiger partial charge in [-0.1, -0.05) is 6.07 Å². The van der Waals surface area contributed by atoms with Crippen LogP contribution in [0.15, 0.2) is 48.8 Å². The fourth-order valence-corrected chi connectivity index (χ4v) is 4.42. The van der Waals surface area contributed by atoms with E-state index in [1.54, 1.807) is 41.3 Å². The lowest BCUT2D eigenvalue weighted by atomic mass is 9.86. The van der Waals surface area contributed by atoms with Crippen LogP contribution in [0.4, 0.5) is 30.5 Å². The molecule has 1 fully saturated rings. The molecule has 34 heavy (non-hydrogen) atoms. The molecule has 3 aromatic rings. The Bertz CT molecular complexity index is 1170. The van der Waals surface area contributed by atoms with Gasteiger partial charge < -0.3 is 21.3 Å². The second-order valence-corrected chi connectivity index (χ2v) is 8.28. The summed E-state index contributed by atoms with van der Waals surface area (Å²) in [5, 5.41) is 9.87. The molecule has 2 aromatic heterocycles. The van der Waals surface area contributed by atoms with Gasteiger partial charge >= 0.3 is 0 Å². The van der Waals surface area contributed by atoms with Crippen molar-refractivity contribution in [2.45, 2.75) is 37.3 Å². The van der Waals surface area contributed by atoms with Gasteiger partial charge in [-0.05, 0) is 50.2 Å². The molecule has 0 radical (unpaired) electrons. The number of alkyl halides is 2. The van der Waals surface area contributed by atoms with Crippen molar-refractivity contribution >= 4 is 23.2 Å². The van der Waals surface area contributed by atoms with E-state index in [-0.39, 0.29) is 23.6 Å². The summed E-state index contributed by atoms with van der Waals surface area (Å²) in [6, 6.07) is 8.01. The smallest absolute Gasteiger partial charge is 0.265 e. The van der Waals surface area contributed by atoms with Crippen LogP contribution < -0.4 is 21.3 Å². The molecule has 1 aliphatic carbocycles. The lowest BCUT2D eigenvalue weighted by Crippen LogP contribution is -2.59. The molecule has 1 aliphatic rings. The van der Waals surface area contributed by atoms with Crippen LogP contribution in [-0.2, 0) is 0 Å². The molecular weight excluding hydrogens is 447 g/mol. The Hall–Kier alpha value is -3.60. The van der Waals surface area contributed by atoms with Gasteiger partial charge in [0.1, 0.15) is 5.82 Å². The zero-order valence-corrected chi connectivity index (χ0v) is 18.8. The summed E-state index contributed by atoms with van der Waals surface area (Å²) in [6.45, 7) is 0. The van der Waals surface area contributed by atoms with E-state index >= 15 is 4.39 Å². The number of primary amides is 1. The first-order valence-corrected chi connectivity index (χ1v) is 10.9. The van der Waals surface area contributed by atoms with Crippen LogP contribution in [0.5, 0.6) is 0 Å². The van der Waals surface area contributed by atoms with Crippen molar-refractivity contribution < 1.29 is 18.0 Å². The molecule has 2 atom stereocenters. The summed E-state index contributed by atoms with van der Waals surface area (Å²) in [7, 11) is 2.98. The topological polar surface area (TPSA) is 101 Å². The molecule has 180 valence electrons. The number of hydrogen-bond acceptors (Lipinski definition) is 6. The van der Waals surface area contributed by atoms with Gasteiger partial charge in [0.15, 0.2) is 11.6 Å². The third-order valence-electron chi connectivity index (χ3n) is 6.09. The van der Waals surface area contributed by atoms with Crippen LogP contribution in [0.25, 0.3) is 5.69 Å². The number of pyridine rings is 1. The predicted molar refractivity (Wildman–Crippen MR) is 123 cm³/mol. The number of nitrogens with two attached hydrogens (primary N) is 1. The monoisotopic (exact) mass is 473 g/mol. The van der Waals surface area contributed by atoms with Crippen LogP contribution >= 0.6 is 0 Å². The average molecular weight is 474 g/mol. The molecule has 0 aliphatic heterocycles. The van der Waals surface area contributed by atoms with E-state index in [0.717, 1.165) is 11.8 Å². The summed E-state index contributed by atoms with van der Waals surface area (Å²) in [5.41, 5.74) is 6.62. The number of carbonyl (C=O) groups excluding carboxylic acids is 1. The number of benzene rings is 1. The number of aromatic nitrogens is 3. The van der Waals surface area contributed by atoms with E-state index < -0.39 is 29.7 Å². The third-order valence-corrected chi connectivity index (χ3v) is 6.09. The van der Waals surface area contributed by atoms with Gasteiger partial charge in [-0.25, -0.2) is 22.8 Å². The maximum Gasteiger partial charge on any atom is 0.265 e. The Balaban J connectivity index is 1.70. The van der Waals surface area contributed by atoms with E-state index in [0.29, 0.717) is 18.5 Å². The van der Waals surface area contributed by atoms with E-state index in [9.17, 15) is 13.6 Å². The van der Waals surface area contributed by atoms with Gasteiger partial charge in [0.25, 0.3) is 11.8 Å². The fourth-order valence-electron chi connectivity index (χ4n) is 4.42. The van der Waals surface area contributed by atoms with Crippen molar-refractivity contribution in [1.82, 2.24) is 20.1 Å². The molecule has 0 saturated heterocycles. The van der Waals surface area contributed by atoms with Crippen molar-refractivity contribution in [3.8, 4) is 5.69 Å². The van der Waals surface area contributed by atoms with Gasteiger partial charge in [0.2, 0.25) is 0 Å². The Morgan fingerprint density at radius 2 is 2.09 bits per heavy atom. The van der Waals surface area contributed by atoms with Crippen molar-refractivity contribution in [3.63, 3.8) is 0 Å². The molecule has 0 bridgehead atoms.